The molecule has 1 aliphatic rings. The molecule has 0 saturated carbocycles. The molecule has 1 N–H and O–H groups in total. The topological polar surface area (TPSA) is 58.6 Å². The molecule has 116 valence electrons. The van der Waals surface area contributed by atoms with Crippen LogP contribution >= 0.6 is 0 Å². The van der Waals surface area contributed by atoms with Crippen LogP contribution in [0.5, 0.6) is 0 Å². The second-order valence-electron chi connectivity index (χ2n) is 6.81. The van der Waals surface area contributed by atoms with E-state index in [0.29, 0.717) is 25.4 Å². The average Bonchev–Trinajstić information content (AvgIpc) is 2.74. The molecule has 2 amide bonds. The van der Waals surface area contributed by atoms with Gasteiger partial charge >= 0.3 is 6.09 Å². The minimum atomic E-state index is -0.529. The molecule has 0 aromatic rings. The molecule has 1 atom stereocenters. The second kappa shape index (κ2) is 6.95. The van der Waals surface area contributed by atoms with Crippen LogP contribution in [0.4, 0.5) is 4.79 Å². The molecule has 0 unspecified atom stereocenters. The third-order valence-corrected chi connectivity index (χ3v) is 3.20. The Balaban J connectivity index is 2.51. The van der Waals surface area contributed by atoms with E-state index < -0.39 is 5.60 Å². The minimum Gasteiger partial charge on any atom is -0.444 e. The summed E-state index contributed by atoms with van der Waals surface area (Å²) in [4.78, 5) is 25.8. The monoisotopic (exact) mass is 284 g/mol. The summed E-state index contributed by atoms with van der Waals surface area (Å²) in [6.45, 7) is 11.0. The van der Waals surface area contributed by atoms with Gasteiger partial charge in [-0.15, -0.1) is 0 Å². The van der Waals surface area contributed by atoms with Gasteiger partial charge in [0, 0.05) is 13.1 Å². The van der Waals surface area contributed by atoms with Crippen molar-refractivity contribution < 1.29 is 14.3 Å². The maximum atomic E-state index is 12.1. The highest BCUT2D eigenvalue weighted by Gasteiger charge is 2.36. The Morgan fingerprint density at radius 2 is 2.00 bits per heavy atom. The van der Waals surface area contributed by atoms with Gasteiger partial charge in [-0.1, -0.05) is 13.8 Å². The number of carbonyl (C=O) groups is 2. The molecule has 0 aliphatic carbocycles. The predicted octanol–water partition coefficient (Wildman–Crippen LogP) is 2.55. The van der Waals surface area contributed by atoms with E-state index in [2.05, 4.69) is 19.2 Å². The number of rotatable bonds is 4. The molecular weight excluding hydrogens is 256 g/mol. The van der Waals surface area contributed by atoms with E-state index in [9.17, 15) is 9.59 Å². The highest BCUT2D eigenvalue weighted by atomic mass is 16.6. The highest BCUT2D eigenvalue weighted by Crippen LogP contribution is 2.21. The van der Waals surface area contributed by atoms with Crippen molar-refractivity contribution in [1.29, 1.82) is 0 Å². The summed E-state index contributed by atoms with van der Waals surface area (Å²) < 4.78 is 5.35. The molecule has 1 aliphatic heterocycles. The fourth-order valence-corrected chi connectivity index (χ4v) is 2.18. The molecule has 20 heavy (non-hydrogen) atoms. The summed E-state index contributed by atoms with van der Waals surface area (Å²) >= 11 is 0. The first-order valence-corrected chi connectivity index (χ1v) is 7.48. The van der Waals surface area contributed by atoms with Crippen LogP contribution in [0, 0.1) is 5.92 Å². The standard InChI is InChI=1S/C15H28N2O3/c1-11(2)8-9-16-13(18)12-7-6-10-17(12)14(19)20-15(3,4)5/h11-12H,6-10H2,1-5H3,(H,16,18)/t12-/m0/s1. The van der Waals surface area contributed by atoms with Crippen LogP contribution < -0.4 is 5.32 Å². The number of carbonyl (C=O) groups excluding carboxylic acids is 2. The fourth-order valence-electron chi connectivity index (χ4n) is 2.18. The molecular formula is C15H28N2O3. The number of likely N-dealkylation sites (tertiary alicyclic amines) is 1. The Morgan fingerprint density at radius 1 is 1.35 bits per heavy atom. The molecule has 0 radical (unpaired) electrons. The Hall–Kier alpha value is -1.26. The zero-order valence-corrected chi connectivity index (χ0v) is 13.4. The number of ether oxygens (including phenoxy) is 1. The molecule has 0 bridgehead atoms. The van der Waals surface area contributed by atoms with Crippen molar-refractivity contribution in [3.8, 4) is 0 Å². The molecule has 1 saturated heterocycles. The highest BCUT2D eigenvalue weighted by molar-refractivity contribution is 5.86. The molecule has 5 heteroatoms. The number of nitrogens with one attached hydrogen (secondary N) is 1. The van der Waals surface area contributed by atoms with Crippen LogP contribution in [0.1, 0.15) is 53.9 Å². The number of nitrogens with zero attached hydrogens (tertiary/aromatic N) is 1. The van der Waals surface area contributed by atoms with E-state index >= 15 is 0 Å². The largest absolute Gasteiger partial charge is 0.444 e. The van der Waals surface area contributed by atoms with Crippen molar-refractivity contribution in [2.24, 2.45) is 5.92 Å². The summed E-state index contributed by atoms with van der Waals surface area (Å²) in [6, 6.07) is -0.378. The summed E-state index contributed by atoms with van der Waals surface area (Å²) in [5.74, 6) is 0.495. The molecule has 1 rings (SSSR count). The van der Waals surface area contributed by atoms with Crippen LogP contribution in [-0.2, 0) is 9.53 Å². The number of hydrogen-bond donors (Lipinski definition) is 1. The minimum absolute atomic E-state index is 0.0611. The van der Waals surface area contributed by atoms with Gasteiger partial charge < -0.3 is 10.1 Å². The van der Waals surface area contributed by atoms with Crippen LogP contribution in [0.2, 0.25) is 0 Å². The van der Waals surface area contributed by atoms with Gasteiger partial charge in [-0.25, -0.2) is 4.79 Å². The second-order valence-corrected chi connectivity index (χ2v) is 6.81. The van der Waals surface area contributed by atoms with Crippen molar-refractivity contribution in [2.75, 3.05) is 13.1 Å². The Bertz CT molecular complexity index is 348. The van der Waals surface area contributed by atoms with Crippen LogP contribution in [0.15, 0.2) is 0 Å². The lowest BCUT2D eigenvalue weighted by Crippen LogP contribution is -2.47. The molecule has 1 heterocycles. The lowest BCUT2D eigenvalue weighted by atomic mass is 10.1. The summed E-state index contributed by atoms with van der Waals surface area (Å²) in [6.07, 6.45) is 2.12. The van der Waals surface area contributed by atoms with Crippen molar-refractivity contribution in [1.82, 2.24) is 10.2 Å². The van der Waals surface area contributed by atoms with E-state index in [1.54, 1.807) is 4.90 Å². The SMILES string of the molecule is CC(C)CCNC(=O)[C@@H]1CCCN1C(=O)OC(C)(C)C. The summed E-state index contributed by atoms with van der Waals surface area (Å²) in [7, 11) is 0. The van der Waals surface area contributed by atoms with Crippen molar-refractivity contribution >= 4 is 12.0 Å². The Labute approximate surface area is 122 Å². The van der Waals surface area contributed by atoms with Gasteiger partial charge in [-0.2, -0.15) is 0 Å². The van der Waals surface area contributed by atoms with E-state index in [4.69, 9.17) is 4.74 Å². The first-order chi connectivity index (χ1) is 9.20. The van der Waals surface area contributed by atoms with Crippen LogP contribution in [-0.4, -0.2) is 41.6 Å². The predicted molar refractivity (Wildman–Crippen MR) is 78.4 cm³/mol. The molecule has 0 aromatic carbocycles. The summed E-state index contributed by atoms with van der Waals surface area (Å²) in [5.41, 5.74) is -0.529. The van der Waals surface area contributed by atoms with Crippen molar-refractivity contribution in [3.05, 3.63) is 0 Å². The molecule has 0 aromatic heterocycles. The van der Waals surface area contributed by atoms with Gasteiger partial charge in [0.2, 0.25) is 5.91 Å². The van der Waals surface area contributed by atoms with Crippen LogP contribution in [0.25, 0.3) is 0 Å². The summed E-state index contributed by atoms with van der Waals surface area (Å²) in [5, 5.41) is 2.92. The van der Waals surface area contributed by atoms with Gasteiger partial charge in [-0.3, -0.25) is 9.69 Å². The maximum Gasteiger partial charge on any atom is 0.410 e. The molecule has 5 nitrogen and oxygen atoms in total. The van der Waals surface area contributed by atoms with Gasteiger partial charge in [0.1, 0.15) is 11.6 Å². The third-order valence-electron chi connectivity index (χ3n) is 3.20. The molecule has 0 spiro atoms. The number of hydrogen-bond acceptors (Lipinski definition) is 3. The fraction of sp³-hybridized carbons (Fsp3) is 0.867. The zero-order chi connectivity index (χ0) is 15.3. The van der Waals surface area contributed by atoms with Gasteiger partial charge in [0.05, 0.1) is 0 Å². The zero-order valence-electron chi connectivity index (χ0n) is 13.4. The van der Waals surface area contributed by atoms with E-state index in [1.165, 1.54) is 0 Å². The lowest BCUT2D eigenvalue weighted by Gasteiger charge is -2.28. The van der Waals surface area contributed by atoms with E-state index in [1.807, 2.05) is 20.8 Å². The van der Waals surface area contributed by atoms with E-state index in [-0.39, 0.29) is 18.0 Å². The van der Waals surface area contributed by atoms with Crippen molar-refractivity contribution in [3.63, 3.8) is 0 Å². The third kappa shape index (κ3) is 5.39. The van der Waals surface area contributed by atoms with Crippen molar-refractivity contribution in [2.45, 2.75) is 65.5 Å². The van der Waals surface area contributed by atoms with Crippen LogP contribution in [0.3, 0.4) is 0 Å². The van der Waals surface area contributed by atoms with E-state index in [0.717, 1.165) is 12.8 Å². The first kappa shape index (κ1) is 16.8. The first-order valence-electron chi connectivity index (χ1n) is 7.48. The Morgan fingerprint density at radius 3 is 2.55 bits per heavy atom. The van der Waals surface area contributed by atoms with Gasteiger partial charge in [0.25, 0.3) is 0 Å². The number of amides is 2. The molecule has 1 fully saturated rings. The van der Waals surface area contributed by atoms with Gasteiger partial charge in [-0.05, 0) is 46.0 Å². The lowest BCUT2D eigenvalue weighted by molar-refractivity contribution is -0.125. The normalized spacial score (nSPS) is 19.3. The quantitative estimate of drug-likeness (QED) is 0.863. The van der Waals surface area contributed by atoms with Gasteiger partial charge in [0.15, 0.2) is 0 Å². The smallest absolute Gasteiger partial charge is 0.410 e. The maximum absolute atomic E-state index is 12.1. The average molecular weight is 284 g/mol. The Kier molecular flexibility index (Phi) is 5.84.